The summed E-state index contributed by atoms with van der Waals surface area (Å²) in [6, 6.07) is -0.0639. The maximum Gasteiger partial charge on any atom is 0.403 e. The third kappa shape index (κ3) is 3.67. The van der Waals surface area contributed by atoms with Gasteiger partial charge in [-0.25, -0.2) is 14.6 Å². The Morgan fingerprint density at radius 1 is 1.41 bits per heavy atom. The Hall–Kier alpha value is -1.73. The minimum atomic E-state index is -4.05. The smallest absolute Gasteiger partial charge is 0.387 e. The van der Waals surface area contributed by atoms with Crippen molar-refractivity contribution in [2.75, 3.05) is 12.3 Å². The van der Waals surface area contributed by atoms with Crippen LogP contribution in [0.5, 0.6) is 0 Å². The quantitative estimate of drug-likeness (QED) is 0.296. The molecule has 0 amide bonds. The highest BCUT2D eigenvalue weighted by molar-refractivity contribution is 7.50. The van der Waals surface area contributed by atoms with E-state index in [2.05, 4.69) is 20.0 Å². The highest BCUT2D eigenvalue weighted by Gasteiger charge is 2.45. The van der Waals surface area contributed by atoms with E-state index in [1.165, 1.54) is 10.9 Å². The molecule has 2 aliphatic rings. The Labute approximate surface area is 151 Å². The molecule has 1 aliphatic carbocycles. The Morgan fingerprint density at radius 2 is 2.15 bits per heavy atom. The Balaban J connectivity index is 1.51. The monoisotopic (exact) mass is 404 g/mol. The van der Waals surface area contributed by atoms with Gasteiger partial charge in [0.05, 0.1) is 12.9 Å². The van der Waals surface area contributed by atoms with Crippen LogP contribution in [0, 0.1) is 6.08 Å². The van der Waals surface area contributed by atoms with Gasteiger partial charge in [0.2, 0.25) is 0 Å². The summed E-state index contributed by atoms with van der Waals surface area (Å²) in [5, 5.41) is 22.9. The van der Waals surface area contributed by atoms with E-state index in [-0.39, 0.29) is 23.0 Å². The molecular formula is C13H18FN6O6P. The van der Waals surface area contributed by atoms with Crippen LogP contribution >= 0.6 is 7.75 Å². The first-order valence-corrected chi connectivity index (χ1v) is 9.75. The number of aromatic nitrogens is 4. The van der Waals surface area contributed by atoms with E-state index < -0.39 is 45.0 Å². The van der Waals surface area contributed by atoms with Crippen molar-refractivity contribution in [2.45, 2.75) is 43.4 Å². The molecule has 2 aromatic heterocycles. The third-order valence-corrected chi connectivity index (χ3v) is 5.56. The first kappa shape index (κ1) is 18.6. The molecule has 6 N–H and O–H groups in total. The molecule has 0 spiro atoms. The summed E-state index contributed by atoms with van der Waals surface area (Å²) in [5.74, 6) is -0.184. The lowest BCUT2D eigenvalue weighted by Gasteiger charge is -2.18. The number of nitrogens with one attached hydrogen (secondary N) is 1. The number of aliphatic hydroxyl groups is 2. The van der Waals surface area contributed by atoms with Crippen LogP contribution in [0.2, 0.25) is 0 Å². The average molecular weight is 404 g/mol. The fourth-order valence-corrected chi connectivity index (χ4v) is 3.99. The fourth-order valence-electron chi connectivity index (χ4n) is 2.85. The summed E-state index contributed by atoms with van der Waals surface area (Å²) >= 11 is 0. The van der Waals surface area contributed by atoms with Crippen LogP contribution in [-0.4, -0.2) is 65.6 Å². The molecule has 148 valence electrons. The number of imidazole rings is 1. The molecule has 2 fully saturated rings. The van der Waals surface area contributed by atoms with Gasteiger partial charge in [0, 0.05) is 6.04 Å². The minimum absolute atomic E-state index is 0.0268. The van der Waals surface area contributed by atoms with Gasteiger partial charge in [0.15, 0.2) is 23.2 Å². The fraction of sp³-hybridized carbons (Fsp3) is 0.615. The summed E-state index contributed by atoms with van der Waals surface area (Å²) in [4.78, 5) is 20.6. The third-order valence-electron chi connectivity index (χ3n) is 4.37. The molecular weight excluding hydrogens is 386 g/mol. The molecule has 2 aromatic rings. The van der Waals surface area contributed by atoms with Crippen LogP contribution in [0.15, 0.2) is 6.33 Å². The lowest BCUT2D eigenvalue weighted by Crippen LogP contribution is -2.34. The van der Waals surface area contributed by atoms with E-state index >= 15 is 0 Å². The van der Waals surface area contributed by atoms with Gasteiger partial charge in [-0.1, -0.05) is 0 Å². The summed E-state index contributed by atoms with van der Waals surface area (Å²) in [7, 11) is -4.05. The van der Waals surface area contributed by atoms with E-state index in [0.29, 0.717) is 0 Å². The van der Waals surface area contributed by atoms with E-state index in [1.807, 2.05) is 0 Å². The zero-order chi connectivity index (χ0) is 19.3. The maximum absolute atomic E-state index is 13.5. The average Bonchev–Trinajstić information content (AvgIpc) is 3.21. The van der Waals surface area contributed by atoms with Crippen molar-refractivity contribution in [3.05, 3.63) is 12.4 Å². The molecule has 4 rings (SSSR count). The van der Waals surface area contributed by atoms with E-state index in [9.17, 15) is 24.1 Å². The summed E-state index contributed by atoms with van der Waals surface area (Å²) in [6.07, 6.45) is -3.44. The molecule has 1 saturated carbocycles. The Morgan fingerprint density at radius 3 is 2.85 bits per heavy atom. The largest absolute Gasteiger partial charge is 0.403 e. The summed E-state index contributed by atoms with van der Waals surface area (Å²) in [5.41, 5.74) is 5.67. The summed E-state index contributed by atoms with van der Waals surface area (Å²) in [6.45, 7) is -0.444. The van der Waals surface area contributed by atoms with Crippen molar-refractivity contribution in [3.8, 4) is 0 Å². The molecule has 0 bridgehead atoms. The number of ether oxygens (including phenoxy) is 1. The van der Waals surface area contributed by atoms with Gasteiger partial charge in [-0.2, -0.15) is 14.4 Å². The number of hydrogen-bond donors (Lipinski definition) is 5. The molecule has 27 heavy (non-hydrogen) atoms. The first-order valence-electron chi connectivity index (χ1n) is 8.17. The second kappa shape index (κ2) is 6.71. The number of nitrogens with zero attached hydrogens (tertiary/aromatic N) is 4. The predicted octanol–water partition coefficient (Wildman–Crippen LogP) is -0.964. The lowest BCUT2D eigenvalue weighted by molar-refractivity contribution is -0.0488. The molecule has 12 nitrogen and oxygen atoms in total. The van der Waals surface area contributed by atoms with Crippen molar-refractivity contribution < 1.29 is 33.3 Å². The number of halogens is 1. The van der Waals surface area contributed by atoms with Crippen molar-refractivity contribution in [1.82, 2.24) is 24.6 Å². The number of aliphatic hydroxyl groups excluding tert-OH is 2. The molecule has 1 unspecified atom stereocenters. The lowest BCUT2D eigenvalue weighted by atomic mass is 10.1. The number of nitrogen functional groups attached to an aromatic ring is 1. The second-order valence-corrected chi connectivity index (χ2v) is 8.02. The zero-order valence-corrected chi connectivity index (χ0v) is 14.7. The summed E-state index contributed by atoms with van der Waals surface area (Å²) < 4.78 is 37.1. The highest BCUT2D eigenvalue weighted by atomic mass is 31.2. The second-order valence-electron chi connectivity index (χ2n) is 6.47. The van der Waals surface area contributed by atoms with Gasteiger partial charge in [0.1, 0.15) is 18.3 Å². The number of rotatable bonds is 6. The van der Waals surface area contributed by atoms with Crippen molar-refractivity contribution in [1.29, 1.82) is 0 Å². The highest BCUT2D eigenvalue weighted by Crippen LogP contribution is 2.43. The number of nitrogens with two attached hydrogens (primary N) is 1. The zero-order valence-electron chi connectivity index (χ0n) is 13.8. The van der Waals surface area contributed by atoms with Crippen LogP contribution in [0.1, 0.15) is 19.1 Å². The van der Waals surface area contributed by atoms with Gasteiger partial charge in [-0.15, -0.1) is 0 Å². The molecule has 3 heterocycles. The first-order chi connectivity index (χ1) is 12.7. The molecule has 5 atom stereocenters. The topological polar surface area (TPSA) is 178 Å². The SMILES string of the molecule is Nc1nc(F)nc2c1ncn2[C@@H]1O[C@@H](COP(=O)(O)NC2CC2)[C@H](O)[C@H]1O. The number of anilines is 1. The standard InChI is InChI=1S/C13H18FN6O6P/c14-13-17-10(15)7-11(18-13)20(4-16-7)12-9(22)8(21)6(26-12)3-25-27(23,24)19-5-1-2-5/h4-6,8-9,12,21-22H,1-3H2,(H2,15,17,18)(H2,19,23,24)/t6-,8-,9+,12+/m0/s1. The van der Waals surface area contributed by atoms with Crippen LogP contribution in [0.4, 0.5) is 10.2 Å². The number of hydrogen-bond acceptors (Lipinski definition) is 9. The predicted molar refractivity (Wildman–Crippen MR) is 87.6 cm³/mol. The number of fused-ring (bicyclic) bond motifs is 1. The van der Waals surface area contributed by atoms with E-state index in [0.717, 1.165) is 12.8 Å². The van der Waals surface area contributed by atoms with Gasteiger partial charge in [-0.3, -0.25) is 9.09 Å². The van der Waals surface area contributed by atoms with E-state index in [4.69, 9.17) is 15.0 Å². The molecule has 14 heteroatoms. The van der Waals surface area contributed by atoms with Crippen LogP contribution < -0.4 is 10.8 Å². The van der Waals surface area contributed by atoms with Crippen LogP contribution in [0.3, 0.4) is 0 Å². The maximum atomic E-state index is 13.5. The minimum Gasteiger partial charge on any atom is -0.387 e. The van der Waals surface area contributed by atoms with Crippen LogP contribution in [-0.2, 0) is 13.8 Å². The Bertz CT molecular complexity index is 909. The van der Waals surface area contributed by atoms with Gasteiger partial charge in [-0.05, 0) is 12.8 Å². The molecule has 1 saturated heterocycles. The van der Waals surface area contributed by atoms with Crippen molar-refractivity contribution >= 4 is 24.7 Å². The van der Waals surface area contributed by atoms with Gasteiger partial charge in [0.25, 0.3) is 0 Å². The molecule has 0 radical (unpaired) electrons. The van der Waals surface area contributed by atoms with Crippen LogP contribution in [0.25, 0.3) is 11.2 Å². The van der Waals surface area contributed by atoms with E-state index in [1.54, 1.807) is 0 Å². The Kier molecular flexibility index (Phi) is 4.63. The molecule has 0 aromatic carbocycles. The van der Waals surface area contributed by atoms with Gasteiger partial charge < -0.3 is 25.6 Å². The molecule has 1 aliphatic heterocycles. The van der Waals surface area contributed by atoms with Crippen molar-refractivity contribution in [2.24, 2.45) is 0 Å². The van der Waals surface area contributed by atoms with Crippen molar-refractivity contribution in [3.63, 3.8) is 0 Å². The normalized spacial score (nSPS) is 30.7. The van der Waals surface area contributed by atoms with Gasteiger partial charge >= 0.3 is 13.8 Å².